The van der Waals surface area contributed by atoms with Gasteiger partial charge in [-0.1, -0.05) is 11.6 Å². The summed E-state index contributed by atoms with van der Waals surface area (Å²) in [6.45, 7) is 0.121. The summed E-state index contributed by atoms with van der Waals surface area (Å²) < 4.78 is 81.0. The molecule has 1 spiro atoms. The minimum atomic E-state index is -5.78. The molecule has 7 nitrogen and oxygen atoms in total. The molecule has 0 unspecified atom stereocenters. The van der Waals surface area contributed by atoms with Crippen LogP contribution in [-0.4, -0.2) is 75.2 Å². The van der Waals surface area contributed by atoms with Crippen molar-refractivity contribution >= 4 is 23.6 Å². The Bertz CT molecular complexity index is 834. The Morgan fingerprint density at radius 3 is 2.16 bits per heavy atom. The summed E-state index contributed by atoms with van der Waals surface area (Å²) in [6, 6.07) is 0. The number of carbonyl (C=O) groups excluding carboxylic acids is 2. The summed E-state index contributed by atoms with van der Waals surface area (Å²) in [5, 5.41) is 3.95. The first-order valence-electron chi connectivity index (χ1n) is 9.35. The van der Waals surface area contributed by atoms with Crippen molar-refractivity contribution in [2.24, 2.45) is 7.05 Å². The third-order valence-electron chi connectivity index (χ3n) is 5.62. The molecule has 0 aliphatic carbocycles. The molecule has 0 atom stereocenters. The number of hydrogen-bond donors (Lipinski definition) is 0. The van der Waals surface area contributed by atoms with Crippen molar-refractivity contribution in [3.63, 3.8) is 0 Å². The van der Waals surface area contributed by atoms with Crippen molar-refractivity contribution in [2.45, 2.75) is 49.7 Å². The van der Waals surface area contributed by atoms with Gasteiger partial charge < -0.3 is 14.5 Å². The maximum atomic E-state index is 13.0. The number of likely N-dealkylation sites (tertiary alicyclic amines) is 2. The number of amides is 2. The van der Waals surface area contributed by atoms with Gasteiger partial charge in [0.15, 0.2) is 5.15 Å². The second-order valence-corrected chi connectivity index (χ2v) is 7.98. The Labute approximate surface area is 177 Å². The van der Waals surface area contributed by atoms with Gasteiger partial charge in [0, 0.05) is 38.4 Å². The SMILES string of the molecule is Cn1cc(C(=O)N2CCCC23CCN(C(=O)OC(C(F)(F)F)C(F)(F)F)CC3)c(Cl)n1. The van der Waals surface area contributed by atoms with Crippen LogP contribution in [0.1, 0.15) is 36.0 Å². The molecule has 0 saturated carbocycles. The van der Waals surface area contributed by atoms with E-state index in [-0.39, 0.29) is 42.6 Å². The van der Waals surface area contributed by atoms with Crippen molar-refractivity contribution in [3.8, 4) is 0 Å². The van der Waals surface area contributed by atoms with Gasteiger partial charge in [-0.15, -0.1) is 0 Å². The Kier molecular flexibility index (Phi) is 6.11. The average Bonchev–Trinajstić information content (AvgIpc) is 3.20. The second kappa shape index (κ2) is 8.06. The van der Waals surface area contributed by atoms with E-state index < -0.39 is 30.1 Å². The molecule has 1 aromatic heterocycles. The lowest BCUT2D eigenvalue weighted by Crippen LogP contribution is -2.56. The zero-order valence-electron chi connectivity index (χ0n) is 16.3. The monoisotopic (exact) mass is 476 g/mol. The van der Waals surface area contributed by atoms with E-state index in [1.54, 1.807) is 11.9 Å². The number of nitrogens with zero attached hydrogens (tertiary/aromatic N) is 4. The van der Waals surface area contributed by atoms with Gasteiger partial charge in [0.05, 0.1) is 5.56 Å². The fourth-order valence-electron chi connectivity index (χ4n) is 4.13. The molecule has 31 heavy (non-hydrogen) atoms. The highest BCUT2D eigenvalue weighted by Gasteiger charge is 2.60. The lowest BCUT2D eigenvalue weighted by atomic mass is 9.85. The molecular formula is C17H19ClF6N4O3. The molecule has 0 N–H and O–H groups in total. The number of hydrogen-bond acceptors (Lipinski definition) is 4. The number of alkyl halides is 6. The molecule has 3 rings (SSSR count). The molecule has 3 heterocycles. The summed E-state index contributed by atoms with van der Waals surface area (Å²) in [5.41, 5.74) is -0.467. The normalized spacial score (nSPS) is 19.4. The Balaban J connectivity index is 1.68. The lowest BCUT2D eigenvalue weighted by Gasteiger charge is -2.44. The van der Waals surface area contributed by atoms with Gasteiger partial charge in [-0.2, -0.15) is 31.4 Å². The van der Waals surface area contributed by atoms with Crippen molar-refractivity contribution in [1.82, 2.24) is 19.6 Å². The molecule has 0 radical (unpaired) electrons. The third-order valence-corrected chi connectivity index (χ3v) is 5.90. The van der Waals surface area contributed by atoms with Crippen molar-refractivity contribution < 1.29 is 40.7 Å². The minimum Gasteiger partial charge on any atom is -0.426 e. The zero-order valence-corrected chi connectivity index (χ0v) is 17.0. The van der Waals surface area contributed by atoms with Crippen molar-refractivity contribution in [3.05, 3.63) is 16.9 Å². The van der Waals surface area contributed by atoms with Gasteiger partial charge in [0.25, 0.3) is 12.0 Å². The van der Waals surface area contributed by atoms with Crippen molar-refractivity contribution in [2.75, 3.05) is 19.6 Å². The molecule has 2 saturated heterocycles. The topological polar surface area (TPSA) is 67.7 Å². The molecule has 2 amide bonds. The highest BCUT2D eigenvalue weighted by molar-refractivity contribution is 6.32. The number of piperidine rings is 1. The first kappa shape index (κ1) is 23.5. The summed E-state index contributed by atoms with van der Waals surface area (Å²) in [5.74, 6) is -0.360. The second-order valence-electron chi connectivity index (χ2n) is 7.63. The predicted molar refractivity (Wildman–Crippen MR) is 94.4 cm³/mol. The van der Waals surface area contributed by atoms with E-state index in [0.29, 0.717) is 19.4 Å². The maximum absolute atomic E-state index is 13.0. The van der Waals surface area contributed by atoms with Crippen LogP contribution in [0.15, 0.2) is 6.20 Å². The van der Waals surface area contributed by atoms with Crippen LogP contribution < -0.4 is 0 Å². The first-order valence-corrected chi connectivity index (χ1v) is 9.72. The number of ether oxygens (including phenoxy) is 1. The van der Waals surface area contributed by atoms with Gasteiger partial charge in [-0.3, -0.25) is 9.48 Å². The highest BCUT2D eigenvalue weighted by Crippen LogP contribution is 2.41. The van der Waals surface area contributed by atoms with Crippen LogP contribution in [-0.2, 0) is 11.8 Å². The van der Waals surface area contributed by atoms with E-state index >= 15 is 0 Å². The molecule has 174 valence electrons. The van der Waals surface area contributed by atoms with Crippen LogP contribution in [0.3, 0.4) is 0 Å². The van der Waals surface area contributed by atoms with Gasteiger partial charge >= 0.3 is 18.4 Å². The van der Waals surface area contributed by atoms with Crippen LogP contribution >= 0.6 is 11.6 Å². The maximum Gasteiger partial charge on any atom is 0.434 e. The lowest BCUT2D eigenvalue weighted by molar-refractivity contribution is -0.308. The predicted octanol–water partition coefficient (Wildman–Crippen LogP) is 3.77. The number of carbonyl (C=O) groups is 2. The van der Waals surface area contributed by atoms with E-state index in [1.165, 1.54) is 10.9 Å². The van der Waals surface area contributed by atoms with Crippen LogP contribution in [0.5, 0.6) is 0 Å². The molecule has 0 bridgehead atoms. The van der Waals surface area contributed by atoms with Crippen LogP contribution in [0.2, 0.25) is 5.15 Å². The third kappa shape index (κ3) is 4.70. The number of aromatic nitrogens is 2. The summed E-state index contributed by atoms with van der Waals surface area (Å²) in [4.78, 5) is 27.4. The van der Waals surface area contributed by atoms with E-state index in [2.05, 4.69) is 9.84 Å². The van der Waals surface area contributed by atoms with E-state index in [4.69, 9.17) is 11.6 Å². The first-order chi connectivity index (χ1) is 14.2. The highest BCUT2D eigenvalue weighted by atomic mass is 35.5. The minimum absolute atomic E-state index is 0.0286. The molecule has 0 aromatic carbocycles. The Morgan fingerprint density at radius 1 is 1.10 bits per heavy atom. The smallest absolute Gasteiger partial charge is 0.426 e. The largest absolute Gasteiger partial charge is 0.434 e. The summed E-state index contributed by atoms with van der Waals surface area (Å²) in [7, 11) is 1.60. The number of rotatable bonds is 2. The summed E-state index contributed by atoms with van der Waals surface area (Å²) in [6.07, 6.45) is -14.3. The van der Waals surface area contributed by atoms with Crippen LogP contribution in [0.25, 0.3) is 0 Å². The standard InChI is InChI=1S/C17H19ClF6N4O3/c1-26-9-10(11(18)25-26)12(29)28-6-2-3-15(28)4-7-27(8-5-15)14(30)31-13(16(19,20)21)17(22,23)24/h9,13H,2-8H2,1H3. The van der Waals surface area contributed by atoms with Crippen molar-refractivity contribution in [1.29, 1.82) is 0 Å². The quantitative estimate of drug-likeness (QED) is 0.609. The average molecular weight is 477 g/mol. The Hall–Kier alpha value is -2.18. The Morgan fingerprint density at radius 2 is 1.68 bits per heavy atom. The molecule has 2 aliphatic rings. The van der Waals surface area contributed by atoms with Gasteiger partial charge in [0.2, 0.25) is 0 Å². The number of aryl methyl sites for hydroxylation is 1. The molecule has 2 fully saturated rings. The van der Waals surface area contributed by atoms with E-state index in [1.807, 2.05) is 0 Å². The molecule has 2 aliphatic heterocycles. The summed E-state index contributed by atoms with van der Waals surface area (Å²) >= 11 is 6.00. The molecular weight excluding hydrogens is 458 g/mol. The van der Waals surface area contributed by atoms with E-state index in [0.717, 1.165) is 4.90 Å². The van der Waals surface area contributed by atoms with Crippen LogP contribution in [0, 0.1) is 0 Å². The van der Waals surface area contributed by atoms with Gasteiger partial charge in [-0.25, -0.2) is 4.79 Å². The van der Waals surface area contributed by atoms with Crippen LogP contribution in [0.4, 0.5) is 31.1 Å². The van der Waals surface area contributed by atoms with Gasteiger partial charge in [0.1, 0.15) is 0 Å². The molecule has 14 heteroatoms. The van der Waals surface area contributed by atoms with Gasteiger partial charge in [-0.05, 0) is 25.7 Å². The fraction of sp³-hybridized carbons (Fsp3) is 0.706. The molecule has 1 aromatic rings. The number of halogens is 7. The van der Waals surface area contributed by atoms with E-state index in [9.17, 15) is 35.9 Å². The zero-order chi connectivity index (χ0) is 23.2. The fourth-order valence-corrected chi connectivity index (χ4v) is 4.37.